The van der Waals surface area contributed by atoms with Crippen LogP contribution in [-0.4, -0.2) is 35.9 Å². The van der Waals surface area contributed by atoms with Crippen LogP contribution in [0.5, 0.6) is 0 Å². The lowest BCUT2D eigenvalue weighted by atomic mass is 9.91. The number of ether oxygens (including phenoxy) is 2. The summed E-state index contributed by atoms with van der Waals surface area (Å²) in [4.78, 5) is 32.2. The molecule has 2 aromatic rings. The second-order valence-corrected chi connectivity index (χ2v) is 8.71. The van der Waals surface area contributed by atoms with Crippen molar-refractivity contribution in [1.82, 2.24) is 5.06 Å². The molecule has 0 fully saturated rings. The maximum Gasteiger partial charge on any atom is 0.343 e. The summed E-state index contributed by atoms with van der Waals surface area (Å²) < 4.78 is 11.2. The van der Waals surface area contributed by atoms with Gasteiger partial charge in [-0.05, 0) is 82.5 Å². The Morgan fingerprint density at radius 2 is 1.66 bits per heavy atom. The van der Waals surface area contributed by atoms with Gasteiger partial charge in [-0.3, -0.25) is 4.79 Å². The summed E-state index contributed by atoms with van der Waals surface area (Å²) >= 11 is 5.94. The third-order valence-corrected chi connectivity index (χ3v) is 5.61. The number of esters is 1. The Kier molecular flexibility index (Phi) is 7.08. The van der Waals surface area contributed by atoms with Gasteiger partial charge in [0.15, 0.2) is 6.79 Å². The van der Waals surface area contributed by atoms with Gasteiger partial charge in [-0.1, -0.05) is 29.3 Å². The van der Waals surface area contributed by atoms with Crippen LogP contribution in [0.2, 0.25) is 5.02 Å². The largest absolute Gasteiger partial charge is 0.424 e. The van der Waals surface area contributed by atoms with E-state index >= 15 is 0 Å². The van der Waals surface area contributed by atoms with Crippen LogP contribution in [0.1, 0.15) is 53.4 Å². The zero-order valence-corrected chi connectivity index (χ0v) is 20.0. The lowest BCUT2D eigenvalue weighted by Crippen LogP contribution is -2.44. The Labute approximate surface area is 193 Å². The van der Waals surface area contributed by atoms with Gasteiger partial charge in [0.25, 0.3) is 5.91 Å². The van der Waals surface area contributed by atoms with Gasteiger partial charge in [-0.15, -0.1) is 0 Å². The molecule has 0 aromatic heterocycles. The number of benzene rings is 2. The minimum Gasteiger partial charge on any atom is -0.424 e. The normalized spacial score (nSPS) is 15.5. The SMILES string of the molecule is CCOCON1C(=O)C(c2c(C)cc(C)cc2C)=C(OC(=O)c2ccc(Cl)cc2)C1(C)C. The van der Waals surface area contributed by atoms with Crippen LogP contribution in [-0.2, 0) is 19.1 Å². The lowest BCUT2D eigenvalue weighted by molar-refractivity contribution is -0.242. The summed E-state index contributed by atoms with van der Waals surface area (Å²) in [7, 11) is 0. The third-order valence-electron chi connectivity index (χ3n) is 5.36. The molecule has 0 saturated heterocycles. The van der Waals surface area contributed by atoms with E-state index < -0.39 is 11.5 Å². The Morgan fingerprint density at radius 3 is 2.22 bits per heavy atom. The molecule has 6 nitrogen and oxygen atoms in total. The maximum absolute atomic E-state index is 13.6. The average molecular weight is 458 g/mol. The molecule has 7 heteroatoms. The third kappa shape index (κ3) is 4.58. The molecule has 170 valence electrons. The van der Waals surface area contributed by atoms with Crippen molar-refractivity contribution in [3.8, 4) is 0 Å². The minimum absolute atomic E-state index is 0.0940. The van der Waals surface area contributed by atoms with Gasteiger partial charge in [0.1, 0.15) is 11.3 Å². The molecule has 1 aliphatic heterocycles. The second-order valence-electron chi connectivity index (χ2n) is 8.27. The summed E-state index contributed by atoms with van der Waals surface area (Å²) in [6, 6.07) is 10.4. The van der Waals surface area contributed by atoms with Crippen molar-refractivity contribution in [3.05, 3.63) is 75.0 Å². The number of hydroxylamine groups is 2. The zero-order chi connectivity index (χ0) is 23.6. The van der Waals surface area contributed by atoms with E-state index in [0.717, 1.165) is 22.3 Å². The number of carbonyl (C=O) groups excluding carboxylic acids is 2. The standard InChI is InChI=1S/C25H28ClNO5/c1-7-30-14-31-27-23(28)21(20-16(3)12-15(2)13-17(20)4)22(25(27,5)6)32-24(29)18-8-10-19(26)11-9-18/h8-13H,7,14H2,1-6H3. The van der Waals surface area contributed by atoms with E-state index in [1.807, 2.05) is 39.8 Å². The molecule has 3 rings (SSSR count). The summed E-state index contributed by atoms with van der Waals surface area (Å²) in [6.45, 7) is 11.6. The summed E-state index contributed by atoms with van der Waals surface area (Å²) in [5, 5.41) is 1.74. The predicted octanol–water partition coefficient (Wildman–Crippen LogP) is 5.38. The van der Waals surface area contributed by atoms with E-state index in [-0.39, 0.29) is 18.5 Å². The molecule has 2 aromatic carbocycles. The van der Waals surface area contributed by atoms with Crippen molar-refractivity contribution < 1.29 is 23.9 Å². The molecule has 0 saturated carbocycles. The van der Waals surface area contributed by atoms with Gasteiger partial charge in [0, 0.05) is 11.6 Å². The first-order valence-electron chi connectivity index (χ1n) is 10.4. The highest BCUT2D eigenvalue weighted by Crippen LogP contribution is 2.43. The molecule has 0 unspecified atom stereocenters. The molecular formula is C25H28ClNO5. The summed E-state index contributed by atoms with van der Waals surface area (Å²) in [5.74, 6) is -0.734. The van der Waals surface area contributed by atoms with Crippen LogP contribution in [0.4, 0.5) is 0 Å². The quantitative estimate of drug-likeness (QED) is 0.317. The van der Waals surface area contributed by atoms with Crippen LogP contribution >= 0.6 is 11.6 Å². The van der Waals surface area contributed by atoms with E-state index in [1.165, 1.54) is 5.06 Å². The van der Waals surface area contributed by atoms with E-state index in [2.05, 4.69) is 0 Å². The second kappa shape index (κ2) is 9.45. The highest BCUT2D eigenvalue weighted by Gasteiger charge is 2.50. The van der Waals surface area contributed by atoms with Crippen LogP contribution < -0.4 is 0 Å². The van der Waals surface area contributed by atoms with Gasteiger partial charge >= 0.3 is 5.97 Å². The molecule has 1 aliphatic rings. The van der Waals surface area contributed by atoms with Gasteiger partial charge in [-0.25, -0.2) is 14.7 Å². The van der Waals surface area contributed by atoms with Crippen molar-refractivity contribution in [3.63, 3.8) is 0 Å². The van der Waals surface area contributed by atoms with Gasteiger partial charge in [0.05, 0.1) is 11.1 Å². The first kappa shape index (κ1) is 24.0. The Morgan fingerprint density at radius 1 is 1.06 bits per heavy atom. The highest BCUT2D eigenvalue weighted by molar-refractivity contribution is 6.30. The van der Waals surface area contributed by atoms with Crippen LogP contribution in [0.15, 0.2) is 42.2 Å². The molecule has 32 heavy (non-hydrogen) atoms. The fraction of sp³-hybridized carbons (Fsp3) is 0.360. The smallest absolute Gasteiger partial charge is 0.343 e. The molecule has 0 atom stereocenters. The fourth-order valence-corrected chi connectivity index (χ4v) is 4.08. The summed E-state index contributed by atoms with van der Waals surface area (Å²) in [6.07, 6.45) is 0. The molecule has 0 bridgehead atoms. The van der Waals surface area contributed by atoms with Crippen LogP contribution in [0, 0.1) is 20.8 Å². The Hall–Kier alpha value is -2.67. The predicted molar refractivity (Wildman–Crippen MR) is 123 cm³/mol. The number of hydrogen-bond donors (Lipinski definition) is 0. The topological polar surface area (TPSA) is 65.1 Å². The van der Waals surface area contributed by atoms with E-state index in [4.69, 9.17) is 25.9 Å². The van der Waals surface area contributed by atoms with Crippen LogP contribution in [0.25, 0.3) is 5.57 Å². The minimum atomic E-state index is -1.05. The van der Waals surface area contributed by atoms with Gasteiger partial charge < -0.3 is 9.47 Å². The van der Waals surface area contributed by atoms with E-state index in [9.17, 15) is 9.59 Å². The lowest BCUT2D eigenvalue weighted by Gasteiger charge is -2.31. The van der Waals surface area contributed by atoms with Gasteiger partial charge in [0.2, 0.25) is 0 Å². The molecule has 0 aliphatic carbocycles. The maximum atomic E-state index is 13.6. The van der Waals surface area contributed by atoms with Crippen molar-refractivity contribution in [1.29, 1.82) is 0 Å². The first-order chi connectivity index (χ1) is 15.1. The number of amides is 1. The Balaban J connectivity index is 2.12. The number of nitrogens with zero attached hydrogens (tertiary/aromatic N) is 1. The van der Waals surface area contributed by atoms with Crippen molar-refractivity contribution in [2.24, 2.45) is 0 Å². The molecule has 1 amide bonds. The average Bonchev–Trinajstić information content (AvgIpc) is 2.88. The molecule has 0 N–H and O–H groups in total. The molecular weight excluding hydrogens is 430 g/mol. The number of carbonyl (C=O) groups is 2. The van der Waals surface area contributed by atoms with Gasteiger partial charge in [-0.2, -0.15) is 0 Å². The number of rotatable bonds is 7. The van der Waals surface area contributed by atoms with Crippen molar-refractivity contribution in [2.45, 2.75) is 47.1 Å². The van der Waals surface area contributed by atoms with E-state index in [0.29, 0.717) is 22.8 Å². The summed E-state index contributed by atoms with van der Waals surface area (Å²) in [5.41, 5.74) is 3.23. The number of aryl methyl sites for hydroxylation is 3. The Bertz CT molecular complexity index is 1050. The fourth-order valence-electron chi connectivity index (χ4n) is 3.95. The van der Waals surface area contributed by atoms with Crippen LogP contribution in [0.3, 0.4) is 0 Å². The highest BCUT2D eigenvalue weighted by atomic mass is 35.5. The molecule has 0 radical (unpaired) electrons. The zero-order valence-electron chi connectivity index (χ0n) is 19.2. The van der Waals surface area contributed by atoms with Crippen molar-refractivity contribution >= 4 is 29.1 Å². The monoisotopic (exact) mass is 457 g/mol. The van der Waals surface area contributed by atoms with E-state index in [1.54, 1.807) is 38.1 Å². The number of hydrogen-bond acceptors (Lipinski definition) is 5. The molecule has 0 spiro atoms. The first-order valence-corrected chi connectivity index (χ1v) is 10.8. The molecule has 1 heterocycles. The van der Waals surface area contributed by atoms with Crippen molar-refractivity contribution in [2.75, 3.05) is 13.4 Å². The number of halogens is 1.